The van der Waals surface area contributed by atoms with E-state index in [0.717, 1.165) is 178 Å². The van der Waals surface area contributed by atoms with Crippen molar-refractivity contribution in [1.29, 1.82) is 5.26 Å². The van der Waals surface area contributed by atoms with Gasteiger partial charge in [-0.1, -0.05) is 181 Å². The maximum Gasteiger partial charge on any atom is 0.339 e. The number of phenols is 1. The molecule has 2 amide bonds. The van der Waals surface area contributed by atoms with E-state index in [2.05, 4.69) is 89.2 Å². The van der Waals surface area contributed by atoms with Crippen molar-refractivity contribution < 1.29 is 91.7 Å². The van der Waals surface area contributed by atoms with E-state index in [4.69, 9.17) is 61.8 Å². The van der Waals surface area contributed by atoms with Crippen LogP contribution in [0, 0.1) is 58.7 Å². The molecule has 24 nitrogen and oxygen atoms in total. The van der Waals surface area contributed by atoms with Crippen LogP contribution in [0.2, 0.25) is 10.0 Å². The first-order chi connectivity index (χ1) is 62.4. The topological polar surface area (TPSA) is 355 Å². The number of hydrogen-bond acceptors (Lipinski definition) is 20. The third kappa shape index (κ3) is 35.8. The number of carboxylic acids is 3. The van der Waals surface area contributed by atoms with Crippen LogP contribution in [0.4, 0.5) is 17.1 Å². The Labute approximate surface area is 805 Å². The Balaban J connectivity index is 0.000000256. The number of rotatable bonds is 43. The molecule has 2 heterocycles. The molecule has 2 aliphatic heterocycles. The molecule has 6 aromatic rings. The van der Waals surface area contributed by atoms with Gasteiger partial charge in [-0.25, -0.2) is 4.79 Å². The Hall–Kier alpha value is -8.19. The van der Waals surface area contributed by atoms with Gasteiger partial charge in [0, 0.05) is 112 Å². The normalized spacial score (nSPS) is 16.8. The molecule has 6 aromatic carbocycles. The van der Waals surface area contributed by atoms with Gasteiger partial charge in [-0.2, -0.15) is 5.26 Å². The molecule has 0 aromatic heterocycles. The van der Waals surface area contributed by atoms with Crippen LogP contribution in [-0.4, -0.2) is 155 Å². The monoisotopic (exact) mass is 1970 g/mol. The van der Waals surface area contributed by atoms with Gasteiger partial charge in [0.05, 0.1) is 67.2 Å². The number of nitrogens with one attached hydrogen (secondary N) is 2. The number of thioether (sulfide) groups is 1. The lowest BCUT2D eigenvalue weighted by Gasteiger charge is -2.38. The Morgan fingerprint density at radius 3 is 1.93 bits per heavy atom. The van der Waals surface area contributed by atoms with E-state index in [1.54, 1.807) is 97.2 Å². The number of aryl methyl sites for hydroxylation is 3. The molecular formula is C103H143BrCl2N5O19PS. The molecule has 2 aliphatic carbocycles. The lowest BCUT2D eigenvalue weighted by atomic mass is 9.67. The molecule has 2 saturated heterocycles. The molecule has 726 valence electrons. The van der Waals surface area contributed by atoms with Crippen LogP contribution in [0.15, 0.2) is 125 Å². The van der Waals surface area contributed by atoms with Crippen molar-refractivity contribution >= 4 is 122 Å². The molecule has 3 fully saturated rings. The van der Waals surface area contributed by atoms with Gasteiger partial charge < -0.3 is 64.3 Å². The second kappa shape index (κ2) is 54.5. The number of halogens is 3. The SMILES string of the molecule is CC(C)(CCCCOCCCCC(C)(C)C(=O)O)C(=O)O.CCC(CC)CC1(C(=O)Nc2ccccc2SC(=O)C(C)C)CCCCC1.CCOP(=O)(Cc1ccc(C(=O)Nc2ccc(Br)cc2C#N)cc1)OCC.COc1cccc(N2CCN(CC(=O)CC3c4c(O)c(C)cc(C)c4CC3(C)C)CC2)c1.O=C(O)C[C@]1(O)CC(CCCCCCc2ccc(Cl)cc2Cl)OC1=O. The Morgan fingerprint density at radius 2 is 1.36 bits per heavy atom. The van der Waals surface area contributed by atoms with Crippen molar-refractivity contribution in [2.45, 2.75) is 280 Å². The summed E-state index contributed by atoms with van der Waals surface area (Å²) in [6, 6.07) is 37.2. The molecule has 0 radical (unpaired) electrons. The highest BCUT2D eigenvalue weighted by molar-refractivity contribution is 9.10. The van der Waals surface area contributed by atoms with E-state index in [9.17, 15) is 58.4 Å². The zero-order valence-corrected chi connectivity index (χ0v) is 84.9. The van der Waals surface area contributed by atoms with Crippen molar-refractivity contribution in [3.8, 4) is 17.6 Å². The van der Waals surface area contributed by atoms with E-state index in [0.29, 0.717) is 97.2 Å². The summed E-state index contributed by atoms with van der Waals surface area (Å²) in [7, 11) is -1.50. The molecule has 29 heteroatoms. The van der Waals surface area contributed by atoms with E-state index in [-0.39, 0.29) is 58.0 Å². The molecule has 2 unspecified atom stereocenters. The van der Waals surface area contributed by atoms with E-state index in [1.165, 1.54) is 35.0 Å². The molecule has 7 N–H and O–H groups in total. The number of unbranched alkanes of at least 4 members (excludes halogenated alkanes) is 5. The fourth-order valence-corrected chi connectivity index (χ4v) is 20.3. The lowest BCUT2D eigenvalue weighted by Crippen LogP contribution is -2.48. The maximum atomic E-state index is 13.4. The highest BCUT2D eigenvalue weighted by atomic mass is 79.9. The number of fused-ring (bicyclic) bond motifs is 1. The average molecular weight is 1970 g/mol. The van der Waals surface area contributed by atoms with Crippen LogP contribution < -0.4 is 20.3 Å². The summed E-state index contributed by atoms with van der Waals surface area (Å²) in [5.41, 5.74) is 5.90. The van der Waals surface area contributed by atoms with Crippen LogP contribution in [0.25, 0.3) is 0 Å². The summed E-state index contributed by atoms with van der Waals surface area (Å²) in [4.78, 5) is 101. The molecule has 132 heavy (non-hydrogen) atoms. The van der Waals surface area contributed by atoms with Gasteiger partial charge in [0.15, 0.2) is 10.7 Å². The number of carboxylic acid groups (broad SMARTS) is 3. The summed E-state index contributed by atoms with van der Waals surface area (Å²) < 4.78 is 39.8. The van der Waals surface area contributed by atoms with Crippen molar-refractivity contribution in [3.05, 3.63) is 174 Å². The standard InChI is InChI=1S/C27H36N2O3.C23H35NO2S.C19H20BrN2O4P.C18H22Cl2O5.C16H30O5/c1-18-13-19(2)26(31)25-23(18)16-27(3,4)24(25)15-21(30)17-28-9-11-29(12-10-28)20-7-6-8-22(14-20)32-5;1-5-18(6-2)16-23(14-10-7-11-15-23)22(26)24-19-12-8-9-13-20(19)27-21(25)17(3)4;1-3-25-27(24,26-4-2)13-14-5-7-15(8-6-14)19(23)22-18-10-9-17(20)11-16(18)12-21;19-13-8-7-12(15(20)9-13)5-3-1-2-4-6-14-10-18(24,11-16(21)22)17(23)25-14;1-15(2,13(17)18)9-5-7-11-21-12-8-6-10-16(3,4)14(19)20/h6-8,13-14,24,31H,9-12,15-17H2,1-5H3;8-9,12-13,17-18H,5-7,10-11,14-16H2,1-4H3,(H,24,26);5-11H,3-4,13H2,1-2H3,(H,22,23);7-9,14,24H,1-6,10-11H2,(H,21,22);5-12H2,1-4H3,(H,17,18)(H,19,20)/t;;;14?,18-;/m...1./s1. The number of nitriles is 1. The smallest absolute Gasteiger partial charge is 0.339 e. The number of cyclic esters (lactones) is 1. The number of hydrogen-bond donors (Lipinski definition) is 7. The number of phenolic OH excluding ortho intramolecular Hbond substituents is 1. The molecular weight excluding hydrogens is 1820 g/mol. The van der Waals surface area contributed by atoms with Gasteiger partial charge in [-0.05, 0) is 250 Å². The Bertz CT molecular complexity index is 4830. The third-order valence-corrected chi connectivity index (χ3v) is 29.6. The number of methoxy groups -OCH3 is 1. The molecule has 1 saturated carbocycles. The van der Waals surface area contributed by atoms with E-state index >= 15 is 0 Å². The first-order valence-corrected chi connectivity index (χ1v) is 50.7. The number of benzene rings is 6. The summed E-state index contributed by atoms with van der Waals surface area (Å²) in [6.45, 7) is 33.2. The first kappa shape index (κ1) is 113. The number of amides is 2. The summed E-state index contributed by atoms with van der Waals surface area (Å²) in [5, 5.41) is 64.1. The molecule has 4 aliphatic rings. The minimum Gasteiger partial charge on any atom is -0.507 e. The Morgan fingerprint density at radius 1 is 0.735 bits per heavy atom. The minimum atomic E-state index is -3.19. The number of ether oxygens (including phenoxy) is 3. The maximum absolute atomic E-state index is 13.4. The van der Waals surface area contributed by atoms with Crippen LogP contribution in [-0.2, 0) is 75.7 Å². The van der Waals surface area contributed by atoms with Gasteiger partial charge in [0.25, 0.3) is 5.91 Å². The quantitative estimate of drug-likeness (QED) is 0.00809. The molecule has 0 spiro atoms. The zero-order chi connectivity index (χ0) is 97.7. The number of esters is 1. The number of ketones is 1. The van der Waals surface area contributed by atoms with Crippen LogP contribution in [0.5, 0.6) is 11.5 Å². The van der Waals surface area contributed by atoms with Crippen molar-refractivity contribution in [3.63, 3.8) is 0 Å². The van der Waals surface area contributed by atoms with Crippen LogP contribution in [0.3, 0.4) is 0 Å². The number of Topliss-reactive ketones (excluding diaryl/α,β-unsaturated/α-hetero) is 1. The van der Waals surface area contributed by atoms with Gasteiger partial charge in [0.1, 0.15) is 29.5 Å². The Kier molecular flexibility index (Phi) is 46.5. The second-order valence-electron chi connectivity index (χ2n) is 37.4. The largest absolute Gasteiger partial charge is 0.507 e. The van der Waals surface area contributed by atoms with E-state index < -0.39 is 60.4 Å². The molecule has 10 rings (SSSR count). The number of anilines is 3. The number of nitrogens with zero attached hydrogens (tertiary/aromatic N) is 3. The summed E-state index contributed by atoms with van der Waals surface area (Å²) >= 11 is 16.5. The summed E-state index contributed by atoms with van der Waals surface area (Å²) in [5.74, 6) is -1.57. The van der Waals surface area contributed by atoms with Gasteiger partial charge in [0.2, 0.25) is 5.91 Å². The lowest BCUT2D eigenvalue weighted by molar-refractivity contribution is -0.160. The predicted molar refractivity (Wildman–Crippen MR) is 528 cm³/mol. The second-order valence-corrected chi connectivity index (χ2v) is 42.3. The third-order valence-electron chi connectivity index (χ3n) is 25.2. The number of aromatic hydroxyl groups is 1. The number of piperazine rings is 1. The number of para-hydroxylation sites is 1. The molecule has 0 bridgehead atoms. The number of carbonyl (C=O) groups is 8. The van der Waals surface area contributed by atoms with Crippen molar-refractivity contribution in [1.82, 2.24) is 4.90 Å². The van der Waals surface area contributed by atoms with Gasteiger partial charge in [-0.15, -0.1) is 0 Å². The molecule has 3 atom stereocenters. The van der Waals surface area contributed by atoms with Crippen LogP contribution in [0.1, 0.15) is 280 Å². The number of aliphatic carboxylic acids is 3. The number of carbonyl (C=O) groups excluding carboxylic acids is 5. The van der Waals surface area contributed by atoms with Crippen molar-refractivity contribution in [2.24, 2.45) is 33.5 Å². The van der Waals surface area contributed by atoms with E-state index in [1.807, 2.05) is 75.4 Å². The highest BCUT2D eigenvalue weighted by Crippen LogP contribution is 2.55. The van der Waals surface area contributed by atoms with Crippen molar-refractivity contribution in [2.75, 3.05) is 81.8 Å². The fourth-order valence-electron chi connectivity index (χ4n) is 16.9. The predicted octanol–water partition coefficient (Wildman–Crippen LogP) is 24.1. The highest BCUT2D eigenvalue weighted by Gasteiger charge is 2.49. The fraction of sp³-hybridized carbons (Fsp3) is 0.563. The average Bonchev–Trinajstić information content (AvgIpc) is 1.59. The van der Waals surface area contributed by atoms with Gasteiger partial charge in [-0.3, -0.25) is 43.0 Å². The minimum absolute atomic E-state index is 0.0287. The number of aliphatic hydroxyl groups is 1. The van der Waals surface area contributed by atoms with Gasteiger partial charge >= 0.3 is 31.5 Å². The van der Waals surface area contributed by atoms with Crippen LogP contribution >= 0.6 is 58.5 Å². The first-order valence-electron chi connectivity index (χ1n) is 46.6. The zero-order valence-electron chi connectivity index (χ0n) is 80.1. The summed E-state index contributed by atoms with van der Waals surface area (Å²) in [6.07, 6.45) is 19.3.